The largest absolute Gasteiger partial charge is 0.338 e. The van der Waals surface area contributed by atoms with Crippen LogP contribution in [0.5, 0.6) is 0 Å². The number of amides is 2. The summed E-state index contributed by atoms with van der Waals surface area (Å²) in [5, 5.41) is 3.23. The standard InChI is InChI=1S/C11H19N3O2S/c1-2-10(15)14-8-17-7-9(14)11(16)13-5-3-12-4-6-13/h9,12H,2-8H2,1H3. The number of thioether (sulfide) groups is 1. The fraction of sp³-hybridized carbons (Fsp3) is 0.818. The summed E-state index contributed by atoms with van der Waals surface area (Å²) < 4.78 is 0. The third kappa shape index (κ3) is 2.74. The van der Waals surface area contributed by atoms with Crippen LogP contribution in [0, 0.1) is 0 Å². The van der Waals surface area contributed by atoms with Crippen molar-refractivity contribution in [3.63, 3.8) is 0 Å². The molecule has 0 bridgehead atoms. The summed E-state index contributed by atoms with van der Waals surface area (Å²) in [6, 6.07) is -0.231. The van der Waals surface area contributed by atoms with Crippen LogP contribution in [0.3, 0.4) is 0 Å². The summed E-state index contributed by atoms with van der Waals surface area (Å²) in [5.41, 5.74) is 0. The van der Waals surface area contributed by atoms with Crippen LogP contribution in [0.25, 0.3) is 0 Å². The Labute approximate surface area is 106 Å². The Morgan fingerprint density at radius 1 is 1.35 bits per heavy atom. The number of hydrogen-bond acceptors (Lipinski definition) is 4. The Balaban J connectivity index is 1.99. The molecule has 1 atom stereocenters. The van der Waals surface area contributed by atoms with Gasteiger partial charge in [-0.25, -0.2) is 0 Å². The summed E-state index contributed by atoms with van der Waals surface area (Å²) in [7, 11) is 0. The molecule has 0 aromatic carbocycles. The van der Waals surface area contributed by atoms with E-state index >= 15 is 0 Å². The Bertz CT molecular complexity index is 305. The minimum atomic E-state index is -0.231. The molecule has 96 valence electrons. The minimum absolute atomic E-state index is 0.0866. The highest BCUT2D eigenvalue weighted by Gasteiger charge is 2.36. The third-order valence-electron chi connectivity index (χ3n) is 3.22. The van der Waals surface area contributed by atoms with Crippen LogP contribution in [0.2, 0.25) is 0 Å². The molecule has 2 aliphatic rings. The second kappa shape index (κ2) is 5.73. The summed E-state index contributed by atoms with van der Waals surface area (Å²) in [6.45, 7) is 5.07. The van der Waals surface area contributed by atoms with Gasteiger partial charge in [0, 0.05) is 38.4 Å². The predicted octanol–water partition coefficient (Wildman–Crippen LogP) is -0.270. The molecular weight excluding hydrogens is 238 g/mol. The first kappa shape index (κ1) is 12.7. The molecule has 2 aliphatic heterocycles. The van der Waals surface area contributed by atoms with Gasteiger partial charge in [0.05, 0.1) is 5.88 Å². The second-order valence-corrected chi connectivity index (χ2v) is 5.31. The molecule has 0 saturated carbocycles. The topological polar surface area (TPSA) is 52.7 Å². The number of nitrogens with one attached hydrogen (secondary N) is 1. The van der Waals surface area contributed by atoms with Crippen molar-refractivity contribution in [2.24, 2.45) is 0 Å². The monoisotopic (exact) mass is 257 g/mol. The van der Waals surface area contributed by atoms with Gasteiger partial charge in [-0.2, -0.15) is 0 Å². The zero-order chi connectivity index (χ0) is 12.3. The van der Waals surface area contributed by atoms with Crippen LogP contribution in [0.1, 0.15) is 13.3 Å². The zero-order valence-electron chi connectivity index (χ0n) is 10.1. The lowest BCUT2D eigenvalue weighted by Gasteiger charge is -2.32. The van der Waals surface area contributed by atoms with Crippen LogP contribution < -0.4 is 5.32 Å². The maximum atomic E-state index is 12.3. The molecule has 2 fully saturated rings. The van der Waals surface area contributed by atoms with E-state index in [2.05, 4.69) is 5.32 Å². The van der Waals surface area contributed by atoms with Crippen molar-refractivity contribution < 1.29 is 9.59 Å². The first-order valence-electron chi connectivity index (χ1n) is 6.10. The van der Waals surface area contributed by atoms with E-state index in [1.54, 1.807) is 16.7 Å². The summed E-state index contributed by atoms with van der Waals surface area (Å²) >= 11 is 1.67. The highest BCUT2D eigenvalue weighted by molar-refractivity contribution is 7.99. The Hall–Kier alpha value is -0.750. The fourth-order valence-corrected chi connectivity index (χ4v) is 3.36. The number of carbonyl (C=O) groups is 2. The van der Waals surface area contributed by atoms with Crippen LogP contribution in [0.4, 0.5) is 0 Å². The first-order chi connectivity index (χ1) is 8.24. The van der Waals surface area contributed by atoms with Gasteiger partial charge < -0.3 is 15.1 Å². The van der Waals surface area contributed by atoms with E-state index < -0.39 is 0 Å². The normalized spacial score (nSPS) is 25.1. The lowest BCUT2D eigenvalue weighted by Crippen LogP contribution is -2.54. The average Bonchev–Trinajstić information content (AvgIpc) is 2.87. The average molecular weight is 257 g/mol. The molecule has 0 aliphatic carbocycles. The van der Waals surface area contributed by atoms with E-state index in [1.165, 1.54) is 0 Å². The van der Waals surface area contributed by atoms with E-state index in [4.69, 9.17) is 0 Å². The maximum Gasteiger partial charge on any atom is 0.246 e. The van der Waals surface area contributed by atoms with Gasteiger partial charge in [-0.1, -0.05) is 6.92 Å². The molecule has 0 aromatic rings. The summed E-state index contributed by atoms with van der Waals surface area (Å²) in [5.74, 6) is 1.62. The van der Waals surface area contributed by atoms with Crippen molar-refractivity contribution in [2.45, 2.75) is 19.4 Å². The molecule has 2 amide bonds. The Morgan fingerprint density at radius 2 is 2.06 bits per heavy atom. The van der Waals surface area contributed by atoms with Crippen LogP contribution in [0.15, 0.2) is 0 Å². The molecule has 2 rings (SSSR count). The van der Waals surface area contributed by atoms with Crippen LogP contribution in [-0.4, -0.2) is 65.5 Å². The second-order valence-electron chi connectivity index (χ2n) is 4.31. The number of hydrogen-bond donors (Lipinski definition) is 1. The lowest BCUT2D eigenvalue weighted by atomic mass is 10.2. The summed E-state index contributed by atoms with van der Waals surface area (Å²) in [6.07, 6.45) is 0.478. The van der Waals surface area contributed by atoms with Crippen molar-refractivity contribution in [2.75, 3.05) is 37.8 Å². The third-order valence-corrected chi connectivity index (χ3v) is 4.23. The van der Waals surface area contributed by atoms with E-state index in [0.29, 0.717) is 12.3 Å². The number of rotatable bonds is 2. The van der Waals surface area contributed by atoms with Gasteiger partial charge in [-0.3, -0.25) is 9.59 Å². The molecule has 17 heavy (non-hydrogen) atoms. The molecule has 0 radical (unpaired) electrons. The molecule has 2 saturated heterocycles. The molecular formula is C11H19N3O2S. The SMILES string of the molecule is CCC(=O)N1CSCC1C(=O)N1CCNCC1. The van der Waals surface area contributed by atoms with Gasteiger partial charge in [0.25, 0.3) is 0 Å². The highest BCUT2D eigenvalue weighted by atomic mass is 32.2. The molecule has 1 unspecified atom stereocenters. The lowest BCUT2D eigenvalue weighted by molar-refractivity contribution is -0.143. The van der Waals surface area contributed by atoms with Crippen LogP contribution >= 0.6 is 11.8 Å². The van der Waals surface area contributed by atoms with Crippen molar-refractivity contribution in [1.82, 2.24) is 15.1 Å². The van der Waals surface area contributed by atoms with Gasteiger partial charge in [0.15, 0.2) is 0 Å². The highest BCUT2D eigenvalue weighted by Crippen LogP contribution is 2.23. The van der Waals surface area contributed by atoms with Gasteiger partial charge in [0.1, 0.15) is 6.04 Å². The molecule has 5 nitrogen and oxygen atoms in total. The Kier molecular flexibility index (Phi) is 4.28. The first-order valence-corrected chi connectivity index (χ1v) is 7.26. The number of piperazine rings is 1. The Morgan fingerprint density at radius 3 is 2.71 bits per heavy atom. The molecule has 0 spiro atoms. The van der Waals surface area contributed by atoms with Crippen molar-refractivity contribution in [1.29, 1.82) is 0 Å². The van der Waals surface area contributed by atoms with E-state index in [1.807, 2.05) is 11.8 Å². The minimum Gasteiger partial charge on any atom is -0.338 e. The zero-order valence-corrected chi connectivity index (χ0v) is 11.0. The quantitative estimate of drug-likeness (QED) is 0.740. The van der Waals surface area contributed by atoms with Gasteiger partial charge in [-0.15, -0.1) is 11.8 Å². The molecule has 2 heterocycles. The van der Waals surface area contributed by atoms with Gasteiger partial charge in [0.2, 0.25) is 11.8 Å². The van der Waals surface area contributed by atoms with Crippen LogP contribution in [-0.2, 0) is 9.59 Å². The van der Waals surface area contributed by atoms with E-state index in [-0.39, 0.29) is 17.9 Å². The van der Waals surface area contributed by atoms with Crippen molar-refractivity contribution in [3.8, 4) is 0 Å². The van der Waals surface area contributed by atoms with Crippen molar-refractivity contribution in [3.05, 3.63) is 0 Å². The van der Waals surface area contributed by atoms with E-state index in [0.717, 1.165) is 31.9 Å². The number of nitrogens with zero attached hydrogens (tertiary/aromatic N) is 2. The molecule has 6 heteroatoms. The van der Waals surface area contributed by atoms with Gasteiger partial charge in [-0.05, 0) is 0 Å². The molecule has 0 aromatic heterocycles. The fourth-order valence-electron chi connectivity index (χ4n) is 2.19. The van der Waals surface area contributed by atoms with Gasteiger partial charge >= 0.3 is 0 Å². The maximum absolute atomic E-state index is 12.3. The van der Waals surface area contributed by atoms with Crippen molar-refractivity contribution >= 4 is 23.6 Å². The van der Waals surface area contributed by atoms with E-state index in [9.17, 15) is 9.59 Å². The summed E-state index contributed by atoms with van der Waals surface area (Å²) in [4.78, 5) is 27.7. The smallest absolute Gasteiger partial charge is 0.246 e. The number of carbonyl (C=O) groups excluding carboxylic acids is 2. The molecule has 1 N–H and O–H groups in total. The predicted molar refractivity (Wildman–Crippen MR) is 67.7 cm³/mol.